The molecule has 2 nitrogen and oxygen atoms in total. The molecule has 29 heavy (non-hydrogen) atoms. The van der Waals surface area contributed by atoms with Crippen LogP contribution in [-0.2, 0) is 0 Å². The molecule has 0 bridgehead atoms. The zero-order valence-corrected chi connectivity index (χ0v) is 16.7. The van der Waals surface area contributed by atoms with Crippen LogP contribution in [0.2, 0.25) is 0 Å². The average molecular weight is 380 g/mol. The van der Waals surface area contributed by atoms with Gasteiger partial charge in [0.2, 0.25) is 0 Å². The van der Waals surface area contributed by atoms with Crippen LogP contribution in [0.25, 0.3) is 33.1 Å². The van der Waals surface area contributed by atoms with Crippen LogP contribution in [0.3, 0.4) is 0 Å². The summed E-state index contributed by atoms with van der Waals surface area (Å²) in [6.07, 6.45) is 5.11. The molecule has 0 aliphatic rings. The Bertz CT molecular complexity index is 1230. The van der Waals surface area contributed by atoms with Gasteiger partial charge in [-0.25, -0.2) is 0 Å². The van der Waals surface area contributed by atoms with E-state index in [0.29, 0.717) is 0 Å². The second-order valence-electron chi connectivity index (χ2n) is 7.12. The number of allylic oxidation sites excluding steroid dienone is 3. The SMILES string of the molecule is C=C(/C=C\CNc1ccccc1C(=C)CC)c1ccc2oc3ccccc3c2c1. The van der Waals surface area contributed by atoms with Crippen molar-refractivity contribution in [2.24, 2.45) is 0 Å². The largest absolute Gasteiger partial charge is 0.456 e. The van der Waals surface area contributed by atoms with E-state index in [1.807, 2.05) is 30.3 Å². The van der Waals surface area contributed by atoms with E-state index in [1.165, 1.54) is 5.56 Å². The standard InChI is InChI=1S/C27H25NO/c1-4-19(2)22-11-5-7-13-25(22)28-17-9-10-20(3)21-15-16-27-24(18-21)23-12-6-8-14-26(23)29-27/h5-16,18,28H,2-4,17H2,1H3/b10-9-. The van der Waals surface area contributed by atoms with Crippen molar-refractivity contribution in [2.45, 2.75) is 13.3 Å². The molecule has 4 aromatic rings. The van der Waals surface area contributed by atoms with E-state index >= 15 is 0 Å². The minimum Gasteiger partial charge on any atom is -0.456 e. The Balaban J connectivity index is 1.48. The van der Waals surface area contributed by atoms with E-state index in [-0.39, 0.29) is 0 Å². The normalized spacial score (nSPS) is 11.3. The van der Waals surface area contributed by atoms with Crippen molar-refractivity contribution < 1.29 is 4.42 Å². The monoisotopic (exact) mass is 379 g/mol. The van der Waals surface area contributed by atoms with E-state index in [0.717, 1.165) is 57.3 Å². The molecule has 0 saturated heterocycles. The predicted octanol–water partition coefficient (Wildman–Crippen LogP) is 7.69. The lowest BCUT2D eigenvalue weighted by Crippen LogP contribution is -2.01. The summed E-state index contributed by atoms with van der Waals surface area (Å²) >= 11 is 0. The Morgan fingerprint density at radius 1 is 0.931 bits per heavy atom. The van der Waals surface area contributed by atoms with Gasteiger partial charge < -0.3 is 9.73 Å². The number of hydrogen-bond donors (Lipinski definition) is 1. The summed E-state index contributed by atoms with van der Waals surface area (Å²) in [5, 5.41) is 5.74. The molecule has 1 N–H and O–H groups in total. The molecule has 1 heterocycles. The first-order valence-electron chi connectivity index (χ1n) is 9.95. The molecule has 144 valence electrons. The molecule has 1 aromatic heterocycles. The van der Waals surface area contributed by atoms with Crippen molar-refractivity contribution in [3.05, 3.63) is 103 Å². The van der Waals surface area contributed by atoms with Crippen LogP contribution in [0.15, 0.2) is 96.5 Å². The van der Waals surface area contributed by atoms with Gasteiger partial charge in [0.1, 0.15) is 11.2 Å². The number of benzene rings is 3. The fraction of sp³-hybridized carbons (Fsp3) is 0.111. The molecule has 4 rings (SSSR count). The van der Waals surface area contributed by atoms with Gasteiger partial charge in [-0.15, -0.1) is 0 Å². The van der Waals surface area contributed by atoms with Crippen molar-refractivity contribution in [1.29, 1.82) is 0 Å². The molecule has 0 atom stereocenters. The van der Waals surface area contributed by atoms with Gasteiger partial charge in [-0.05, 0) is 47.4 Å². The average Bonchev–Trinajstić information content (AvgIpc) is 3.14. The predicted molar refractivity (Wildman–Crippen MR) is 126 cm³/mol. The van der Waals surface area contributed by atoms with Crippen LogP contribution in [0.5, 0.6) is 0 Å². The lowest BCUT2D eigenvalue weighted by atomic mass is 10.0. The Labute approximate surface area is 171 Å². The number of anilines is 1. The quantitative estimate of drug-likeness (QED) is 0.333. The molecule has 0 amide bonds. The second kappa shape index (κ2) is 8.24. The first-order chi connectivity index (χ1) is 14.2. The first kappa shape index (κ1) is 18.8. The van der Waals surface area contributed by atoms with Gasteiger partial charge in [0, 0.05) is 28.6 Å². The topological polar surface area (TPSA) is 25.2 Å². The highest BCUT2D eigenvalue weighted by Gasteiger charge is 2.07. The minimum absolute atomic E-state index is 0.726. The van der Waals surface area contributed by atoms with Crippen LogP contribution in [0.4, 0.5) is 5.69 Å². The summed E-state index contributed by atoms with van der Waals surface area (Å²) in [5.41, 5.74) is 7.33. The summed E-state index contributed by atoms with van der Waals surface area (Å²) in [7, 11) is 0. The fourth-order valence-electron chi connectivity index (χ4n) is 3.53. The second-order valence-corrected chi connectivity index (χ2v) is 7.12. The molecule has 0 fully saturated rings. The van der Waals surface area contributed by atoms with Crippen LogP contribution in [0, 0.1) is 0 Å². The van der Waals surface area contributed by atoms with Gasteiger partial charge in [-0.1, -0.05) is 74.7 Å². The molecule has 0 unspecified atom stereocenters. The Hall–Kier alpha value is -3.52. The Morgan fingerprint density at radius 2 is 1.69 bits per heavy atom. The molecular formula is C27H25NO. The molecule has 0 spiro atoms. The third-order valence-electron chi connectivity index (χ3n) is 5.21. The van der Waals surface area contributed by atoms with E-state index < -0.39 is 0 Å². The van der Waals surface area contributed by atoms with Crippen molar-refractivity contribution in [3.8, 4) is 0 Å². The number of para-hydroxylation sites is 2. The van der Waals surface area contributed by atoms with Crippen molar-refractivity contribution in [1.82, 2.24) is 0 Å². The Morgan fingerprint density at radius 3 is 2.55 bits per heavy atom. The van der Waals surface area contributed by atoms with Gasteiger partial charge in [0.05, 0.1) is 0 Å². The molecular weight excluding hydrogens is 354 g/mol. The lowest BCUT2D eigenvalue weighted by molar-refractivity contribution is 0.669. The molecule has 0 saturated carbocycles. The van der Waals surface area contributed by atoms with Crippen LogP contribution in [-0.4, -0.2) is 6.54 Å². The lowest BCUT2D eigenvalue weighted by Gasteiger charge is -2.11. The first-order valence-corrected chi connectivity index (χ1v) is 9.95. The summed E-state index contributed by atoms with van der Waals surface area (Å²) in [6, 6.07) is 22.7. The summed E-state index contributed by atoms with van der Waals surface area (Å²) < 4.78 is 5.91. The highest BCUT2D eigenvalue weighted by molar-refractivity contribution is 6.05. The van der Waals surface area contributed by atoms with Crippen LogP contribution >= 0.6 is 0 Å². The van der Waals surface area contributed by atoms with Crippen molar-refractivity contribution in [3.63, 3.8) is 0 Å². The highest BCUT2D eigenvalue weighted by Crippen LogP contribution is 2.31. The number of fused-ring (bicyclic) bond motifs is 3. The minimum atomic E-state index is 0.726. The molecule has 0 radical (unpaired) electrons. The molecule has 0 aliphatic heterocycles. The van der Waals surface area contributed by atoms with E-state index in [2.05, 4.69) is 73.9 Å². The molecule has 2 heteroatoms. The van der Waals surface area contributed by atoms with E-state index in [1.54, 1.807) is 0 Å². The molecule has 3 aromatic carbocycles. The number of nitrogens with one attached hydrogen (secondary N) is 1. The van der Waals surface area contributed by atoms with E-state index in [9.17, 15) is 0 Å². The van der Waals surface area contributed by atoms with Gasteiger partial charge >= 0.3 is 0 Å². The number of rotatable bonds is 7. The summed E-state index contributed by atoms with van der Waals surface area (Å²) in [5.74, 6) is 0. The maximum absolute atomic E-state index is 5.91. The molecule has 0 aliphatic carbocycles. The highest BCUT2D eigenvalue weighted by atomic mass is 16.3. The van der Waals surface area contributed by atoms with Gasteiger partial charge in [0.15, 0.2) is 0 Å². The fourth-order valence-corrected chi connectivity index (χ4v) is 3.53. The van der Waals surface area contributed by atoms with Crippen LogP contribution in [0.1, 0.15) is 24.5 Å². The maximum Gasteiger partial charge on any atom is 0.135 e. The van der Waals surface area contributed by atoms with Crippen molar-refractivity contribution in [2.75, 3.05) is 11.9 Å². The summed E-state index contributed by atoms with van der Waals surface area (Å²) in [6.45, 7) is 11.3. The zero-order chi connectivity index (χ0) is 20.2. The smallest absolute Gasteiger partial charge is 0.135 e. The third kappa shape index (κ3) is 3.88. The van der Waals surface area contributed by atoms with Gasteiger partial charge in [0.25, 0.3) is 0 Å². The van der Waals surface area contributed by atoms with Gasteiger partial charge in [-0.3, -0.25) is 0 Å². The van der Waals surface area contributed by atoms with Crippen molar-refractivity contribution >= 4 is 38.8 Å². The maximum atomic E-state index is 5.91. The summed E-state index contributed by atoms with van der Waals surface area (Å²) in [4.78, 5) is 0. The van der Waals surface area contributed by atoms with E-state index in [4.69, 9.17) is 4.42 Å². The van der Waals surface area contributed by atoms with Crippen LogP contribution < -0.4 is 5.32 Å². The number of furan rings is 1. The Kier molecular flexibility index (Phi) is 5.35. The number of hydrogen-bond acceptors (Lipinski definition) is 2. The zero-order valence-electron chi connectivity index (χ0n) is 16.7. The third-order valence-corrected chi connectivity index (χ3v) is 5.21. The van der Waals surface area contributed by atoms with Gasteiger partial charge in [-0.2, -0.15) is 0 Å².